The predicted molar refractivity (Wildman–Crippen MR) is 81.5 cm³/mol. The van der Waals surface area contributed by atoms with Gasteiger partial charge in [0.1, 0.15) is 0 Å². The number of anilines is 1. The van der Waals surface area contributed by atoms with Gasteiger partial charge in [-0.1, -0.05) is 23.7 Å². The number of hydrogen-bond acceptors (Lipinski definition) is 3. The van der Waals surface area contributed by atoms with Gasteiger partial charge in [0, 0.05) is 23.6 Å². The predicted octanol–water partition coefficient (Wildman–Crippen LogP) is 4.06. The fraction of sp³-hybridized carbons (Fsp3) is 0.133. The molecule has 1 aliphatic heterocycles. The summed E-state index contributed by atoms with van der Waals surface area (Å²) >= 11 is 11.9. The Hall–Kier alpha value is -1.91. The first-order chi connectivity index (χ1) is 10.2. The second-order valence-electron chi connectivity index (χ2n) is 4.47. The van der Waals surface area contributed by atoms with Gasteiger partial charge in [0.2, 0.25) is 6.79 Å². The van der Waals surface area contributed by atoms with E-state index in [2.05, 4.69) is 5.32 Å². The van der Waals surface area contributed by atoms with E-state index in [-0.39, 0.29) is 12.7 Å². The maximum absolute atomic E-state index is 12.2. The molecule has 4 nitrogen and oxygen atoms in total. The molecule has 3 rings (SSSR count). The zero-order valence-electron chi connectivity index (χ0n) is 10.9. The van der Waals surface area contributed by atoms with Gasteiger partial charge < -0.3 is 14.8 Å². The molecule has 0 unspecified atom stereocenters. The molecule has 0 fully saturated rings. The number of benzene rings is 2. The van der Waals surface area contributed by atoms with Gasteiger partial charge in [0.05, 0.1) is 10.7 Å². The van der Waals surface area contributed by atoms with Gasteiger partial charge in [-0.3, -0.25) is 4.79 Å². The van der Waals surface area contributed by atoms with Crippen LogP contribution in [-0.4, -0.2) is 12.7 Å². The molecule has 6 heteroatoms. The Morgan fingerprint density at radius 1 is 1.19 bits per heavy atom. The summed E-state index contributed by atoms with van der Waals surface area (Å²) < 4.78 is 10.5. The van der Waals surface area contributed by atoms with Crippen molar-refractivity contribution >= 4 is 34.8 Å². The van der Waals surface area contributed by atoms with Crippen LogP contribution in [0.1, 0.15) is 15.9 Å². The zero-order valence-corrected chi connectivity index (χ0v) is 12.4. The molecular formula is C15H11Cl2NO3. The normalized spacial score (nSPS) is 12.3. The fourth-order valence-electron chi connectivity index (χ4n) is 2.00. The Balaban J connectivity index is 1.84. The average Bonchev–Trinajstić information content (AvgIpc) is 2.94. The summed E-state index contributed by atoms with van der Waals surface area (Å²) in [4.78, 5) is 12.2. The summed E-state index contributed by atoms with van der Waals surface area (Å²) in [5.41, 5.74) is 1.87. The largest absolute Gasteiger partial charge is 0.454 e. The number of amides is 1. The van der Waals surface area contributed by atoms with Crippen LogP contribution in [0.4, 0.5) is 5.69 Å². The van der Waals surface area contributed by atoms with Crippen molar-refractivity contribution in [1.82, 2.24) is 0 Å². The molecule has 0 saturated carbocycles. The second kappa shape index (κ2) is 5.84. The van der Waals surface area contributed by atoms with E-state index in [1.165, 1.54) is 0 Å². The topological polar surface area (TPSA) is 47.6 Å². The van der Waals surface area contributed by atoms with Gasteiger partial charge in [-0.05, 0) is 17.7 Å². The lowest BCUT2D eigenvalue weighted by molar-refractivity contribution is 0.102. The minimum atomic E-state index is -0.261. The summed E-state index contributed by atoms with van der Waals surface area (Å²) in [7, 11) is 0. The minimum Gasteiger partial charge on any atom is -0.454 e. The van der Waals surface area contributed by atoms with Crippen molar-refractivity contribution in [1.29, 1.82) is 0 Å². The van der Waals surface area contributed by atoms with E-state index < -0.39 is 0 Å². The van der Waals surface area contributed by atoms with E-state index in [0.29, 0.717) is 33.7 Å². The van der Waals surface area contributed by atoms with Gasteiger partial charge in [0.25, 0.3) is 5.91 Å². The highest BCUT2D eigenvalue weighted by atomic mass is 35.5. The van der Waals surface area contributed by atoms with Crippen molar-refractivity contribution in [3.8, 4) is 11.5 Å². The molecule has 2 aromatic rings. The molecule has 1 heterocycles. The van der Waals surface area contributed by atoms with E-state index in [1.54, 1.807) is 30.3 Å². The highest BCUT2D eigenvalue weighted by Gasteiger charge is 2.18. The van der Waals surface area contributed by atoms with Crippen LogP contribution in [0.5, 0.6) is 11.5 Å². The number of nitrogens with one attached hydrogen (secondary N) is 1. The third kappa shape index (κ3) is 2.91. The molecule has 0 aliphatic carbocycles. The SMILES string of the molecule is O=C(Nc1cc2c(cc1Cl)OCO2)c1cccc(CCl)c1. The molecule has 0 saturated heterocycles. The van der Waals surface area contributed by atoms with Crippen LogP contribution in [0.25, 0.3) is 0 Å². The number of hydrogen-bond donors (Lipinski definition) is 1. The van der Waals surface area contributed by atoms with Crippen LogP contribution in [0, 0.1) is 0 Å². The van der Waals surface area contributed by atoms with Crippen molar-refractivity contribution in [3.63, 3.8) is 0 Å². The Morgan fingerprint density at radius 3 is 2.71 bits per heavy atom. The number of halogens is 2. The molecule has 1 N–H and O–H groups in total. The molecule has 0 atom stereocenters. The standard InChI is InChI=1S/C15H11Cl2NO3/c16-7-9-2-1-3-10(4-9)15(19)18-12-6-14-13(5-11(12)17)20-8-21-14/h1-6H,7-8H2,(H,18,19). The van der Waals surface area contributed by atoms with Crippen LogP contribution in [-0.2, 0) is 5.88 Å². The average molecular weight is 324 g/mol. The zero-order chi connectivity index (χ0) is 14.8. The lowest BCUT2D eigenvalue weighted by atomic mass is 10.1. The Kier molecular flexibility index (Phi) is 3.90. The molecule has 1 amide bonds. The number of rotatable bonds is 3. The van der Waals surface area contributed by atoms with Crippen molar-refractivity contribution in [2.45, 2.75) is 5.88 Å². The monoisotopic (exact) mass is 323 g/mol. The van der Waals surface area contributed by atoms with E-state index in [1.807, 2.05) is 6.07 Å². The Labute approximate surface area is 131 Å². The molecule has 0 aromatic heterocycles. The summed E-state index contributed by atoms with van der Waals surface area (Å²) in [6.07, 6.45) is 0. The first-order valence-electron chi connectivity index (χ1n) is 6.23. The number of alkyl halides is 1. The third-order valence-electron chi connectivity index (χ3n) is 3.05. The second-order valence-corrected chi connectivity index (χ2v) is 5.15. The number of ether oxygens (including phenoxy) is 2. The number of carbonyl (C=O) groups excluding carboxylic acids is 1. The van der Waals surface area contributed by atoms with Gasteiger partial charge in [-0.15, -0.1) is 11.6 Å². The van der Waals surface area contributed by atoms with Crippen molar-refractivity contribution in [2.24, 2.45) is 0 Å². The van der Waals surface area contributed by atoms with E-state index in [4.69, 9.17) is 32.7 Å². The molecule has 0 bridgehead atoms. The van der Waals surface area contributed by atoms with Crippen LogP contribution in [0.3, 0.4) is 0 Å². The van der Waals surface area contributed by atoms with Crippen LogP contribution in [0.15, 0.2) is 36.4 Å². The summed E-state index contributed by atoms with van der Waals surface area (Å²) in [5.74, 6) is 1.22. The quantitative estimate of drug-likeness (QED) is 0.866. The summed E-state index contributed by atoms with van der Waals surface area (Å²) in [6, 6.07) is 10.4. The van der Waals surface area contributed by atoms with Crippen molar-refractivity contribution in [3.05, 3.63) is 52.5 Å². The lowest BCUT2D eigenvalue weighted by Crippen LogP contribution is -2.12. The maximum Gasteiger partial charge on any atom is 0.255 e. The van der Waals surface area contributed by atoms with E-state index >= 15 is 0 Å². The van der Waals surface area contributed by atoms with Crippen LogP contribution >= 0.6 is 23.2 Å². The third-order valence-corrected chi connectivity index (χ3v) is 3.68. The molecule has 0 spiro atoms. The van der Waals surface area contributed by atoms with Crippen LogP contribution in [0.2, 0.25) is 5.02 Å². The summed E-state index contributed by atoms with van der Waals surface area (Å²) in [5, 5.41) is 3.15. The molecular weight excluding hydrogens is 313 g/mol. The van der Waals surface area contributed by atoms with Crippen molar-refractivity contribution < 1.29 is 14.3 Å². The first kappa shape index (κ1) is 14.0. The van der Waals surface area contributed by atoms with Gasteiger partial charge in [-0.25, -0.2) is 0 Å². The molecule has 21 heavy (non-hydrogen) atoms. The smallest absolute Gasteiger partial charge is 0.255 e. The maximum atomic E-state index is 12.2. The fourth-order valence-corrected chi connectivity index (χ4v) is 2.37. The van der Waals surface area contributed by atoms with Gasteiger partial charge in [0.15, 0.2) is 11.5 Å². The highest BCUT2D eigenvalue weighted by Crippen LogP contribution is 2.39. The van der Waals surface area contributed by atoms with Crippen molar-refractivity contribution in [2.75, 3.05) is 12.1 Å². The molecule has 0 radical (unpaired) electrons. The number of fused-ring (bicyclic) bond motifs is 1. The van der Waals surface area contributed by atoms with Crippen LogP contribution < -0.4 is 14.8 Å². The lowest BCUT2D eigenvalue weighted by Gasteiger charge is -2.09. The van der Waals surface area contributed by atoms with E-state index in [9.17, 15) is 4.79 Å². The Morgan fingerprint density at radius 2 is 1.95 bits per heavy atom. The molecule has 108 valence electrons. The molecule has 2 aromatic carbocycles. The van der Waals surface area contributed by atoms with E-state index in [0.717, 1.165) is 5.56 Å². The Bertz CT molecular complexity index is 703. The first-order valence-corrected chi connectivity index (χ1v) is 7.14. The van der Waals surface area contributed by atoms with Gasteiger partial charge >= 0.3 is 0 Å². The minimum absolute atomic E-state index is 0.154. The number of carbonyl (C=O) groups is 1. The highest BCUT2D eigenvalue weighted by molar-refractivity contribution is 6.34. The summed E-state index contributed by atoms with van der Waals surface area (Å²) in [6.45, 7) is 0.154. The van der Waals surface area contributed by atoms with Gasteiger partial charge in [-0.2, -0.15) is 0 Å². The molecule has 1 aliphatic rings.